The molecular weight excluding hydrogens is 232 g/mol. The first-order valence-electron chi connectivity index (χ1n) is 6.46. The lowest BCUT2D eigenvalue weighted by Gasteiger charge is -2.29. The molecular formula is C13H18N2OS. The van der Waals surface area contributed by atoms with Crippen LogP contribution >= 0.6 is 11.3 Å². The molecule has 3 rings (SSSR count). The second-order valence-electron chi connectivity index (χ2n) is 4.99. The van der Waals surface area contributed by atoms with Crippen LogP contribution in [0.5, 0.6) is 0 Å². The zero-order valence-corrected chi connectivity index (χ0v) is 10.7. The molecule has 1 heterocycles. The molecule has 2 amide bonds. The van der Waals surface area contributed by atoms with Crippen LogP contribution in [-0.2, 0) is 6.42 Å². The smallest absolute Gasteiger partial charge is 0.315 e. The molecule has 2 aliphatic rings. The van der Waals surface area contributed by atoms with Crippen molar-refractivity contribution in [3.63, 3.8) is 0 Å². The van der Waals surface area contributed by atoms with Crippen LogP contribution in [-0.4, -0.2) is 12.1 Å². The summed E-state index contributed by atoms with van der Waals surface area (Å²) in [6.45, 7) is 0. The van der Waals surface area contributed by atoms with Crippen molar-refractivity contribution in [2.45, 2.75) is 50.6 Å². The third kappa shape index (κ3) is 2.32. The lowest BCUT2D eigenvalue weighted by atomic mass is 9.93. The van der Waals surface area contributed by atoms with Crippen molar-refractivity contribution in [1.29, 1.82) is 0 Å². The van der Waals surface area contributed by atoms with Gasteiger partial charge in [-0.25, -0.2) is 4.79 Å². The molecule has 1 atom stereocenters. The van der Waals surface area contributed by atoms with Gasteiger partial charge in [-0.3, -0.25) is 0 Å². The summed E-state index contributed by atoms with van der Waals surface area (Å²) in [5.41, 5.74) is 1.34. The number of urea groups is 1. The Bertz CT molecular complexity index is 411. The number of thiophene rings is 1. The van der Waals surface area contributed by atoms with E-state index in [-0.39, 0.29) is 12.1 Å². The van der Waals surface area contributed by atoms with E-state index in [0.717, 1.165) is 19.3 Å². The van der Waals surface area contributed by atoms with Crippen molar-refractivity contribution < 1.29 is 4.79 Å². The molecule has 2 N–H and O–H groups in total. The highest BCUT2D eigenvalue weighted by Gasteiger charge is 2.24. The van der Waals surface area contributed by atoms with Crippen LogP contribution in [0.15, 0.2) is 11.4 Å². The van der Waals surface area contributed by atoms with Gasteiger partial charge in [-0.1, -0.05) is 0 Å². The number of hydrogen-bond acceptors (Lipinski definition) is 2. The summed E-state index contributed by atoms with van der Waals surface area (Å²) in [6, 6.07) is 2.82. The molecule has 1 aromatic heterocycles. The maximum absolute atomic E-state index is 11.8. The first-order valence-corrected chi connectivity index (χ1v) is 7.34. The molecule has 4 heteroatoms. The monoisotopic (exact) mass is 250 g/mol. The SMILES string of the molecule is O=C(NC1CCC1)NC1CCCc2sccc21. The van der Waals surface area contributed by atoms with Crippen molar-refractivity contribution in [1.82, 2.24) is 10.6 Å². The quantitative estimate of drug-likeness (QED) is 0.832. The predicted octanol–water partition coefficient (Wildman–Crippen LogP) is 2.98. The minimum atomic E-state index is 0.0127. The number of fused-ring (bicyclic) bond motifs is 1. The van der Waals surface area contributed by atoms with Gasteiger partial charge in [0.25, 0.3) is 0 Å². The van der Waals surface area contributed by atoms with Crippen molar-refractivity contribution >= 4 is 17.4 Å². The minimum absolute atomic E-state index is 0.0127. The van der Waals surface area contributed by atoms with E-state index in [2.05, 4.69) is 22.1 Å². The summed E-state index contributed by atoms with van der Waals surface area (Å²) in [5, 5.41) is 8.29. The number of carbonyl (C=O) groups is 1. The van der Waals surface area contributed by atoms with Crippen LogP contribution in [0.2, 0.25) is 0 Å². The Hall–Kier alpha value is -1.03. The van der Waals surface area contributed by atoms with Crippen molar-refractivity contribution in [3.8, 4) is 0 Å². The molecule has 1 saturated carbocycles. The third-order valence-corrected chi connectivity index (χ3v) is 4.79. The Morgan fingerprint density at radius 3 is 2.88 bits per heavy atom. The van der Waals surface area contributed by atoms with Gasteiger partial charge < -0.3 is 10.6 Å². The van der Waals surface area contributed by atoms with Crippen LogP contribution in [0.25, 0.3) is 0 Å². The van der Waals surface area contributed by atoms with Crippen molar-refractivity contribution in [2.75, 3.05) is 0 Å². The Kier molecular flexibility index (Phi) is 3.05. The second-order valence-corrected chi connectivity index (χ2v) is 5.99. The maximum Gasteiger partial charge on any atom is 0.315 e. The molecule has 92 valence electrons. The van der Waals surface area contributed by atoms with Crippen LogP contribution in [0.3, 0.4) is 0 Å². The lowest BCUT2D eigenvalue weighted by Crippen LogP contribution is -2.46. The van der Waals surface area contributed by atoms with Gasteiger partial charge in [-0.15, -0.1) is 11.3 Å². The molecule has 0 bridgehead atoms. The minimum Gasteiger partial charge on any atom is -0.335 e. The van der Waals surface area contributed by atoms with Gasteiger partial charge in [0.15, 0.2) is 0 Å². The van der Waals surface area contributed by atoms with E-state index in [4.69, 9.17) is 0 Å². The van der Waals surface area contributed by atoms with Crippen molar-refractivity contribution in [2.24, 2.45) is 0 Å². The third-order valence-electron chi connectivity index (χ3n) is 3.80. The highest BCUT2D eigenvalue weighted by molar-refractivity contribution is 7.10. The Morgan fingerprint density at radius 2 is 2.12 bits per heavy atom. The largest absolute Gasteiger partial charge is 0.335 e. The van der Waals surface area contributed by atoms with E-state index in [0.29, 0.717) is 6.04 Å². The normalized spacial score (nSPS) is 23.6. The number of nitrogens with one attached hydrogen (secondary N) is 2. The molecule has 0 aliphatic heterocycles. The molecule has 0 spiro atoms. The van der Waals surface area contributed by atoms with E-state index in [1.54, 1.807) is 0 Å². The van der Waals surface area contributed by atoms with E-state index in [1.165, 1.54) is 29.7 Å². The topological polar surface area (TPSA) is 41.1 Å². The molecule has 1 unspecified atom stereocenters. The maximum atomic E-state index is 11.8. The fourth-order valence-electron chi connectivity index (χ4n) is 2.57. The van der Waals surface area contributed by atoms with Gasteiger partial charge in [0, 0.05) is 10.9 Å². The summed E-state index contributed by atoms with van der Waals surface area (Å²) in [6.07, 6.45) is 6.96. The molecule has 1 fully saturated rings. The molecule has 0 aromatic carbocycles. The van der Waals surface area contributed by atoms with Gasteiger partial charge in [0.05, 0.1) is 6.04 Å². The zero-order valence-electron chi connectivity index (χ0n) is 9.87. The van der Waals surface area contributed by atoms with Gasteiger partial charge in [-0.2, -0.15) is 0 Å². The van der Waals surface area contributed by atoms with Gasteiger partial charge >= 0.3 is 6.03 Å². The van der Waals surface area contributed by atoms with Crippen molar-refractivity contribution in [3.05, 3.63) is 21.9 Å². The number of aryl methyl sites for hydroxylation is 1. The average Bonchev–Trinajstić information content (AvgIpc) is 2.73. The first-order chi connectivity index (χ1) is 8.33. The number of rotatable bonds is 2. The Balaban J connectivity index is 1.60. The zero-order chi connectivity index (χ0) is 11.7. The molecule has 17 heavy (non-hydrogen) atoms. The van der Waals surface area contributed by atoms with E-state index < -0.39 is 0 Å². The van der Waals surface area contributed by atoms with Gasteiger partial charge in [-0.05, 0) is 55.5 Å². The van der Waals surface area contributed by atoms with Crippen LogP contribution in [0.1, 0.15) is 48.6 Å². The Morgan fingerprint density at radius 1 is 1.24 bits per heavy atom. The fourth-order valence-corrected chi connectivity index (χ4v) is 3.56. The molecule has 0 saturated heterocycles. The van der Waals surface area contributed by atoms with E-state index >= 15 is 0 Å². The summed E-state index contributed by atoms with van der Waals surface area (Å²) in [4.78, 5) is 13.3. The molecule has 2 aliphatic carbocycles. The highest BCUT2D eigenvalue weighted by atomic mass is 32.1. The predicted molar refractivity (Wildman–Crippen MR) is 69.3 cm³/mol. The Labute approximate surface area is 106 Å². The fraction of sp³-hybridized carbons (Fsp3) is 0.615. The summed E-state index contributed by atoms with van der Waals surface area (Å²) in [5.74, 6) is 0. The first kappa shape index (κ1) is 11.1. The molecule has 3 nitrogen and oxygen atoms in total. The molecule has 1 aromatic rings. The summed E-state index contributed by atoms with van der Waals surface area (Å²) >= 11 is 1.81. The van der Waals surface area contributed by atoms with Crippen LogP contribution in [0, 0.1) is 0 Å². The second kappa shape index (κ2) is 4.69. The molecule has 0 radical (unpaired) electrons. The van der Waals surface area contributed by atoms with Crippen LogP contribution < -0.4 is 10.6 Å². The van der Waals surface area contributed by atoms with Gasteiger partial charge in [0.2, 0.25) is 0 Å². The van der Waals surface area contributed by atoms with Crippen LogP contribution in [0.4, 0.5) is 4.79 Å². The van der Waals surface area contributed by atoms with Gasteiger partial charge in [0.1, 0.15) is 0 Å². The highest BCUT2D eigenvalue weighted by Crippen LogP contribution is 2.33. The summed E-state index contributed by atoms with van der Waals surface area (Å²) < 4.78 is 0. The number of amides is 2. The lowest BCUT2D eigenvalue weighted by molar-refractivity contribution is 0.223. The van der Waals surface area contributed by atoms with E-state index in [1.807, 2.05) is 11.3 Å². The number of carbonyl (C=O) groups excluding carboxylic acids is 1. The number of hydrogen-bond donors (Lipinski definition) is 2. The standard InChI is InChI=1S/C13H18N2OS/c16-13(14-9-3-1-4-9)15-11-5-2-6-12-10(11)7-8-17-12/h7-9,11H,1-6H2,(H2,14,15,16). The average molecular weight is 250 g/mol. The summed E-state index contributed by atoms with van der Waals surface area (Å²) in [7, 11) is 0. The van der Waals surface area contributed by atoms with E-state index in [9.17, 15) is 4.79 Å².